The summed E-state index contributed by atoms with van der Waals surface area (Å²) in [5.41, 5.74) is 9.83. The molecule has 0 bridgehead atoms. The number of rotatable bonds is 10. The van der Waals surface area contributed by atoms with E-state index in [1.54, 1.807) is 0 Å². The first-order chi connectivity index (χ1) is 18.1. The van der Waals surface area contributed by atoms with Crippen molar-refractivity contribution in [2.24, 2.45) is 0 Å². The van der Waals surface area contributed by atoms with Gasteiger partial charge in [0.2, 0.25) is 0 Å². The number of anilines is 2. The third kappa shape index (κ3) is 6.17. The van der Waals surface area contributed by atoms with E-state index in [4.69, 9.17) is 0 Å². The van der Waals surface area contributed by atoms with Gasteiger partial charge in [0.25, 0.3) is 0 Å². The second-order valence-electron chi connectivity index (χ2n) is 9.06. The number of nitrogens with zero attached hydrogens (tertiary/aromatic N) is 2. The molecule has 0 saturated carbocycles. The molecule has 0 aliphatic carbocycles. The van der Waals surface area contributed by atoms with E-state index in [1.807, 2.05) is 0 Å². The quantitative estimate of drug-likeness (QED) is 0.181. The van der Waals surface area contributed by atoms with Gasteiger partial charge in [0.15, 0.2) is 0 Å². The molecule has 0 aliphatic rings. The van der Waals surface area contributed by atoms with Crippen molar-refractivity contribution < 1.29 is 0 Å². The first-order valence-electron chi connectivity index (χ1n) is 13.4. The van der Waals surface area contributed by atoms with Crippen LogP contribution >= 0.6 is 15.9 Å². The Morgan fingerprint density at radius 3 is 1.14 bits per heavy atom. The molecule has 4 rings (SSSR count). The number of benzene rings is 4. The van der Waals surface area contributed by atoms with Crippen LogP contribution in [0.15, 0.2) is 108 Å². The molecular weight excluding hydrogens is 516 g/mol. The van der Waals surface area contributed by atoms with Gasteiger partial charge in [0.05, 0.1) is 0 Å². The largest absolute Gasteiger partial charge is 0.372 e. The van der Waals surface area contributed by atoms with Crippen molar-refractivity contribution in [2.45, 2.75) is 27.7 Å². The van der Waals surface area contributed by atoms with E-state index in [0.717, 1.165) is 30.7 Å². The van der Waals surface area contributed by atoms with E-state index in [-0.39, 0.29) is 0 Å². The average molecular weight is 554 g/mol. The van der Waals surface area contributed by atoms with Crippen molar-refractivity contribution >= 4 is 38.5 Å². The van der Waals surface area contributed by atoms with Crippen molar-refractivity contribution in [1.82, 2.24) is 0 Å². The Hall–Kier alpha value is -3.30. The molecule has 2 nitrogen and oxygen atoms in total. The van der Waals surface area contributed by atoms with Crippen LogP contribution in [0.4, 0.5) is 11.4 Å². The van der Waals surface area contributed by atoms with Crippen LogP contribution in [0, 0.1) is 0 Å². The second kappa shape index (κ2) is 12.8. The summed E-state index contributed by atoms with van der Waals surface area (Å²) in [6.07, 6.45) is 0. The lowest BCUT2D eigenvalue weighted by Crippen LogP contribution is -2.21. The Labute approximate surface area is 231 Å². The maximum absolute atomic E-state index is 3.62. The predicted octanol–water partition coefficient (Wildman–Crippen LogP) is 9.15. The molecular formula is C34H37BrN2. The zero-order valence-corrected chi connectivity index (χ0v) is 24.0. The maximum atomic E-state index is 3.62. The highest BCUT2D eigenvalue weighted by molar-refractivity contribution is 9.10. The van der Waals surface area contributed by atoms with Crippen molar-refractivity contribution in [3.63, 3.8) is 0 Å². The fourth-order valence-electron chi connectivity index (χ4n) is 4.99. The lowest BCUT2D eigenvalue weighted by atomic mass is 9.85. The van der Waals surface area contributed by atoms with Crippen molar-refractivity contribution in [3.8, 4) is 0 Å². The normalized spacial score (nSPS) is 10.7. The molecule has 3 heteroatoms. The molecule has 0 N–H and O–H groups in total. The minimum atomic E-state index is 1.000. The molecule has 190 valence electrons. The van der Waals surface area contributed by atoms with Crippen LogP contribution in [0.2, 0.25) is 0 Å². The van der Waals surface area contributed by atoms with E-state index < -0.39 is 0 Å². The molecule has 0 amide bonds. The molecule has 0 saturated heterocycles. The average Bonchev–Trinajstić information content (AvgIpc) is 2.95. The molecule has 0 radical (unpaired) electrons. The molecule has 0 unspecified atom stereocenters. The van der Waals surface area contributed by atoms with E-state index in [9.17, 15) is 0 Å². The summed E-state index contributed by atoms with van der Waals surface area (Å²) in [5, 5.41) is 0. The summed E-state index contributed by atoms with van der Waals surface area (Å²) in [6, 6.07) is 37.6. The fraction of sp³-hybridized carbons (Fsp3) is 0.235. The van der Waals surface area contributed by atoms with Crippen molar-refractivity contribution in [1.29, 1.82) is 0 Å². The SMILES string of the molecule is CCN(CC)c1ccc(C(=C(c2ccccc2)c2ccc(Br)cc2)c2ccc(N(CC)CC)cc2)cc1. The molecule has 0 atom stereocenters. The van der Waals surface area contributed by atoms with Crippen LogP contribution in [-0.4, -0.2) is 26.2 Å². The maximum Gasteiger partial charge on any atom is 0.0366 e. The first kappa shape index (κ1) is 26.8. The van der Waals surface area contributed by atoms with E-state index in [2.05, 4.69) is 157 Å². The van der Waals surface area contributed by atoms with Crippen LogP contribution < -0.4 is 9.80 Å². The molecule has 4 aromatic carbocycles. The van der Waals surface area contributed by atoms with Crippen LogP contribution in [0.25, 0.3) is 11.1 Å². The van der Waals surface area contributed by atoms with Gasteiger partial charge in [-0.05, 0) is 97.5 Å². The second-order valence-corrected chi connectivity index (χ2v) is 9.98. The summed E-state index contributed by atoms with van der Waals surface area (Å²) in [4.78, 5) is 4.78. The summed E-state index contributed by atoms with van der Waals surface area (Å²) in [7, 11) is 0. The minimum absolute atomic E-state index is 1.000. The van der Waals surface area contributed by atoms with Crippen molar-refractivity contribution in [3.05, 3.63) is 130 Å². The van der Waals surface area contributed by atoms with Crippen LogP contribution in [0.1, 0.15) is 49.9 Å². The van der Waals surface area contributed by atoms with Crippen LogP contribution in [0.3, 0.4) is 0 Å². The zero-order valence-electron chi connectivity index (χ0n) is 22.4. The summed E-state index contributed by atoms with van der Waals surface area (Å²) < 4.78 is 1.08. The van der Waals surface area contributed by atoms with Gasteiger partial charge in [0.1, 0.15) is 0 Å². The van der Waals surface area contributed by atoms with Gasteiger partial charge in [-0.15, -0.1) is 0 Å². The zero-order chi connectivity index (χ0) is 26.2. The van der Waals surface area contributed by atoms with Gasteiger partial charge < -0.3 is 9.80 Å². The Kier molecular flexibility index (Phi) is 9.24. The van der Waals surface area contributed by atoms with Gasteiger partial charge in [-0.2, -0.15) is 0 Å². The third-order valence-corrected chi connectivity index (χ3v) is 7.54. The van der Waals surface area contributed by atoms with Crippen LogP contribution in [-0.2, 0) is 0 Å². The first-order valence-corrected chi connectivity index (χ1v) is 14.1. The number of hydrogen-bond donors (Lipinski definition) is 0. The Morgan fingerprint density at radius 2 is 0.784 bits per heavy atom. The summed E-state index contributed by atoms with van der Waals surface area (Å²) in [5.74, 6) is 0. The van der Waals surface area contributed by atoms with Gasteiger partial charge in [0, 0.05) is 42.0 Å². The highest BCUT2D eigenvalue weighted by Gasteiger charge is 2.17. The molecule has 0 aliphatic heterocycles. The summed E-state index contributed by atoms with van der Waals surface area (Å²) >= 11 is 3.62. The number of hydrogen-bond acceptors (Lipinski definition) is 2. The predicted molar refractivity (Wildman–Crippen MR) is 166 cm³/mol. The minimum Gasteiger partial charge on any atom is -0.372 e. The Bertz CT molecular complexity index is 1230. The highest BCUT2D eigenvalue weighted by atomic mass is 79.9. The van der Waals surface area contributed by atoms with Gasteiger partial charge in [-0.3, -0.25) is 0 Å². The van der Waals surface area contributed by atoms with Gasteiger partial charge in [-0.1, -0.05) is 82.7 Å². The standard InChI is InChI=1S/C34H37BrN2/c1-5-36(6-2)31-22-16-28(17-23-31)34(29-18-24-32(25-19-29)37(7-3)8-4)33(26-12-10-9-11-13-26)27-14-20-30(35)21-15-27/h9-25H,5-8H2,1-4H3. The van der Waals surface area contributed by atoms with E-state index in [1.165, 1.54) is 44.8 Å². The van der Waals surface area contributed by atoms with Crippen LogP contribution in [0.5, 0.6) is 0 Å². The topological polar surface area (TPSA) is 6.48 Å². The molecule has 0 heterocycles. The Morgan fingerprint density at radius 1 is 0.459 bits per heavy atom. The molecule has 0 spiro atoms. The van der Waals surface area contributed by atoms with E-state index in [0.29, 0.717) is 0 Å². The smallest absolute Gasteiger partial charge is 0.0366 e. The number of halogens is 1. The lowest BCUT2D eigenvalue weighted by molar-refractivity contribution is 0.866. The van der Waals surface area contributed by atoms with E-state index >= 15 is 0 Å². The van der Waals surface area contributed by atoms with Gasteiger partial charge >= 0.3 is 0 Å². The molecule has 0 aromatic heterocycles. The Balaban J connectivity index is 1.97. The molecule has 0 fully saturated rings. The fourth-order valence-corrected chi connectivity index (χ4v) is 5.25. The monoisotopic (exact) mass is 552 g/mol. The highest BCUT2D eigenvalue weighted by Crippen LogP contribution is 2.38. The molecule has 37 heavy (non-hydrogen) atoms. The van der Waals surface area contributed by atoms with Crippen molar-refractivity contribution in [2.75, 3.05) is 36.0 Å². The van der Waals surface area contributed by atoms with Gasteiger partial charge in [-0.25, -0.2) is 0 Å². The lowest BCUT2D eigenvalue weighted by Gasteiger charge is -2.23. The third-order valence-electron chi connectivity index (χ3n) is 7.01. The molecule has 4 aromatic rings. The summed E-state index contributed by atoms with van der Waals surface area (Å²) in [6.45, 7) is 12.8.